The van der Waals surface area contributed by atoms with Gasteiger partial charge in [0.1, 0.15) is 6.04 Å². The number of nitrogens with zero attached hydrogens (tertiary/aromatic N) is 2. The van der Waals surface area contributed by atoms with Crippen molar-refractivity contribution in [1.82, 2.24) is 14.9 Å². The van der Waals surface area contributed by atoms with Crippen LogP contribution in [0.25, 0.3) is 0 Å². The lowest BCUT2D eigenvalue weighted by Gasteiger charge is -2.17. The summed E-state index contributed by atoms with van der Waals surface area (Å²) in [6.45, 7) is 2.82. The molecule has 1 aromatic rings. The molecule has 0 bridgehead atoms. The summed E-state index contributed by atoms with van der Waals surface area (Å²) in [5.74, 6) is -0.327. The fraction of sp³-hybridized carbons (Fsp3) is 0.600. The van der Waals surface area contributed by atoms with Gasteiger partial charge in [-0.25, -0.2) is 4.98 Å². The zero-order chi connectivity index (χ0) is 10.8. The lowest BCUT2D eigenvalue weighted by Crippen LogP contribution is -2.27. The number of imidazole rings is 1. The Morgan fingerprint density at radius 1 is 1.80 bits per heavy atom. The number of carbonyl (C=O) groups excluding carboxylic acids is 1. The van der Waals surface area contributed by atoms with Gasteiger partial charge < -0.3 is 15.6 Å². The first-order chi connectivity index (χ1) is 7.20. The van der Waals surface area contributed by atoms with Crippen molar-refractivity contribution >= 4 is 5.91 Å². The molecule has 0 aliphatic carbocycles. The summed E-state index contributed by atoms with van der Waals surface area (Å²) in [5.41, 5.74) is 6.34. The summed E-state index contributed by atoms with van der Waals surface area (Å²) in [4.78, 5) is 15.2. The van der Waals surface area contributed by atoms with Crippen molar-refractivity contribution in [2.75, 3.05) is 6.54 Å². The predicted octanol–water partition coefficient (Wildman–Crippen LogP) is 0.354. The van der Waals surface area contributed by atoms with E-state index in [-0.39, 0.29) is 11.9 Å². The summed E-state index contributed by atoms with van der Waals surface area (Å²) < 4.78 is 1.85. The van der Waals surface area contributed by atoms with Gasteiger partial charge in [0.25, 0.3) is 0 Å². The van der Waals surface area contributed by atoms with E-state index in [0.717, 1.165) is 18.7 Å². The Morgan fingerprint density at radius 2 is 2.60 bits per heavy atom. The maximum Gasteiger partial charge on any atom is 0.240 e. The molecule has 3 N–H and O–H groups in total. The summed E-state index contributed by atoms with van der Waals surface area (Å²) in [7, 11) is 0. The smallest absolute Gasteiger partial charge is 0.240 e. The number of hydrogen-bond acceptors (Lipinski definition) is 3. The highest BCUT2D eigenvalue weighted by Crippen LogP contribution is 2.24. The number of nitrogens with one attached hydrogen (secondary N) is 1. The van der Waals surface area contributed by atoms with E-state index < -0.39 is 0 Å². The molecular weight excluding hydrogens is 192 g/mol. The van der Waals surface area contributed by atoms with Gasteiger partial charge in [0.05, 0.1) is 12.0 Å². The second kappa shape index (κ2) is 4.02. The highest BCUT2D eigenvalue weighted by molar-refractivity contribution is 5.78. The molecule has 2 atom stereocenters. The Balaban J connectivity index is 2.24. The number of rotatable bonds is 3. The largest absolute Gasteiger partial charge is 0.368 e. The van der Waals surface area contributed by atoms with Crippen molar-refractivity contribution in [3.63, 3.8) is 0 Å². The normalized spacial score (nSPS) is 22.9. The number of hydrogen-bond donors (Lipinski definition) is 2. The van der Waals surface area contributed by atoms with Gasteiger partial charge in [-0.05, 0) is 26.3 Å². The molecule has 1 saturated heterocycles. The first kappa shape index (κ1) is 10.2. The topological polar surface area (TPSA) is 72.9 Å². The van der Waals surface area contributed by atoms with Crippen LogP contribution in [-0.4, -0.2) is 22.0 Å². The standard InChI is InChI=1S/C10H16N4O/c1-7(10(11)15)14-6-12-5-9(14)8-3-2-4-13-8/h5-8,13H,2-4H2,1H3,(H2,11,15). The minimum atomic E-state index is -0.329. The number of primary amides is 1. The molecule has 1 aliphatic rings. The van der Waals surface area contributed by atoms with Crippen LogP contribution in [0.3, 0.4) is 0 Å². The highest BCUT2D eigenvalue weighted by Gasteiger charge is 2.23. The minimum absolute atomic E-state index is 0.314. The summed E-state index contributed by atoms with van der Waals surface area (Å²) >= 11 is 0. The first-order valence-electron chi connectivity index (χ1n) is 5.24. The van der Waals surface area contributed by atoms with Crippen molar-refractivity contribution < 1.29 is 4.79 Å². The third-order valence-corrected chi connectivity index (χ3v) is 2.94. The molecule has 0 saturated carbocycles. The average Bonchev–Trinajstić information content (AvgIpc) is 2.86. The third kappa shape index (κ3) is 1.87. The molecule has 1 aromatic heterocycles. The molecule has 1 aliphatic heterocycles. The molecule has 0 spiro atoms. The SMILES string of the molecule is CC(C(N)=O)n1cncc1C1CCCN1. The van der Waals surface area contributed by atoms with E-state index >= 15 is 0 Å². The molecule has 2 rings (SSSR count). The molecule has 0 radical (unpaired) electrons. The Morgan fingerprint density at radius 3 is 3.20 bits per heavy atom. The number of nitrogens with two attached hydrogens (primary N) is 1. The highest BCUT2D eigenvalue weighted by atomic mass is 16.1. The van der Waals surface area contributed by atoms with E-state index in [0.29, 0.717) is 6.04 Å². The fourth-order valence-corrected chi connectivity index (χ4v) is 1.98. The van der Waals surface area contributed by atoms with E-state index in [1.54, 1.807) is 13.3 Å². The fourth-order valence-electron chi connectivity index (χ4n) is 1.98. The van der Waals surface area contributed by atoms with Crippen LogP contribution in [-0.2, 0) is 4.79 Å². The maximum atomic E-state index is 11.1. The van der Waals surface area contributed by atoms with E-state index in [1.807, 2.05) is 10.8 Å². The molecule has 2 heterocycles. The predicted molar refractivity (Wildman–Crippen MR) is 56.1 cm³/mol. The van der Waals surface area contributed by atoms with Crippen LogP contribution >= 0.6 is 0 Å². The Labute approximate surface area is 88.7 Å². The van der Waals surface area contributed by atoms with Crippen LogP contribution < -0.4 is 11.1 Å². The van der Waals surface area contributed by atoms with Crippen molar-refractivity contribution in [3.05, 3.63) is 18.2 Å². The second-order valence-corrected chi connectivity index (χ2v) is 3.95. The van der Waals surface area contributed by atoms with Crippen LogP contribution in [0.2, 0.25) is 0 Å². The third-order valence-electron chi connectivity index (χ3n) is 2.94. The quantitative estimate of drug-likeness (QED) is 0.753. The number of amides is 1. The van der Waals surface area contributed by atoms with Gasteiger partial charge in [0.15, 0.2) is 0 Å². The van der Waals surface area contributed by atoms with Gasteiger partial charge in [-0.2, -0.15) is 0 Å². The molecule has 5 heteroatoms. The molecule has 2 unspecified atom stereocenters. The number of carbonyl (C=O) groups is 1. The van der Waals surface area contributed by atoms with Crippen LogP contribution in [0, 0.1) is 0 Å². The average molecular weight is 208 g/mol. The van der Waals surface area contributed by atoms with E-state index in [9.17, 15) is 4.79 Å². The molecule has 15 heavy (non-hydrogen) atoms. The van der Waals surface area contributed by atoms with Crippen molar-refractivity contribution in [3.8, 4) is 0 Å². The minimum Gasteiger partial charge on any atom is -0.368 e. The van der Waals surface area contributed by atoms with Gasteiger partial charge in [-0.15, -0.1) is 0 Å². The van der Waals surface area contributed by atoms with Gasteiger partial charge in [-0.3, -0.25) is 4.79 Å². The molecule has 1 amide bonds. The summed E-state index contributed by atoms with van der Waals surface area (Å²) in [5, 5.41) is 3.38. The van der Waals surface area contributed by atoms with Gasteiger partial charge in [0, 0.05) is 12.2 Å². The van der Waals surface area contributed by atoms with E-state index in [2.05, 4.69) is 10.3 Å². The second-order valence-electron chi connectivity index (χ2n) is 3.95. The van der Waals surface area contributed by atoms with E-state index in [4.69, 9.17) is 5.73 Å². The van der Waals surface area contributed by atoms with Crippen molar-refractivity contribution in [2.45, 2.75) is 31.8 Å². The molecular formula is C10H16N4O. The first-order valence-corrected chi connectivity index (χ1v) is 5.24. The zero-order valence-electron chi connectivity index (χ0n) is 8.81. The van der Waals surface area contributed by atoms with Crippen molar-refractivity contribution in [1.29, 1.82) is 0 Å². The van der Waals surface area contributed by atoms with Gasteiger partial charge >= 0.3 is 0 Å². The summed E-state index contributed by atoms with van der Waals surface area (Å²) in [6.07, 6.45) is 5.74. The van der Waals surface area contributed by atoms with Crippen LogP contribution in [0.15, 0.2) is 12.5 Å². The van der Waals surface area contributed by atoms with E-state index in [1.165, 1.54) is 6.42 Å². The monoisotopic (exact) mass is 208 g/mol. The van der Waals surface area contributed by atoms with Gasteiger partial charge in [-0.1, -0.05) is 0 Å². The molecule has 0 aromatic carbocycles. The number of aromatic nitrogens is 2. The van der Waals surface area contributed by atoms with Gasteiger partial charge in [0.2, 0.25) is 5.91 Å². The van der Waals surface area contributed by atoms with Crippen LogP contribution in [0.1, 0.15) is 37.5 Å². The Kier molecular flexibility index (Phi) is 2.73. The lowest BCUT2D eigenvalue weighted by molar-refractivity contribution is -0.120. The van der Waals surface area contributed by atoms with Crippen LogP contribution in [0.4, 0.5) is 0 Å². The Bertz CT molecular complexity index is 354. The molecule has 5 nitrogen and oxygen atoms in total. The molecule has 1 fully saturated rings. The zero-order valence-corrected chi connectivity index (χ0v) is 8.81. The Hall–Kier alpha value is -1.36. The molecule has 82 valence electrons. The maximum absolute atomic E-state index is 11.1. The van der Waals surface area contributed by atoms with Crippen LogP contribution in [0.5, 0.6) is 0 Å². The lowest BCUT2D eigenvalue weighted by atomic mass is 10.1. The van der Waals surface area contributed by atoms with Crippen molar-refractivity contribution in [2.24, 2.45) is 5.73 Å². The summed E-state index contributed by atoms with van der Waals surface area (Å²) in [6, 6.07) is -0.0146.